The number of carbonyl (C=O) groups is 2. The average molecular weight is 317 g/mol. The molecule has 1 aromatic rings. The minimum atomic E-state index is -0.211. The first-order valence-corrected chi connectivity index (χ1v) is 8.21. The molecule has 0 spiro atoms. The Kier molecular flexibility index (Phi) is 5.12. The van der Waals surface area contributed by atoms with E-state index >= 15 is 0 Å². The minimum absolute atomic E-state index is 0.101. The van der Waals surface area contributed by atoms with E-state index in [1.165, 1.54) is 5.56 Å². The van der Waals surface area contributed by atoms with Gasteiger partial charge in [-0.3, -0.25) is 9.69 Å². The molecular formula is C17H23N3O3. The highest BCUT2D eigenvalue weighted by Gasteiger charge is 2.27. The summed E-state index contributed by atoms with van der Waals surface area (Å²) in [5.41, 5.74) is 1.17. The number of hydrogen-bond acceptors (Lipinski definition) is 4. The second-order valence-electron chi connectivity index (χ2n) is 5.97. The minimum Gasteiger partial charge on any atom is -0.448 e. The van der Waals surface area contributed by atoms with Crippen LogP contribution in [0.1, 0.15) is 24.4 Å². The zero-order chi connectivity index (χ0) is 16.1. The monoisotopic (exact) mass is 317 g/mol. The molecule has 2 saturated heterocycles. The Bertz CT molecular complexity index is 549. The largest absolute Gasteiger partial charge is 0.448 e. The lowest BCUT2D eigenvalue weighted by atomic mass is 10.0. The van der Waals surface area contributed by atoms with Gasteiger partial charge in [0, 0.05) is 38.6 Å². The van der Waals surface area contributed by atoms with Gasteiger partial charge < -0.3 is 15.0 Å². The fourth-order valence-corrected chi connectivity index (χ4v) is 3.24. The molecular weight excluding hydrogens is 294 g/mol. The molecule has 124 valence electrons. The van der Waals surface area contributed by atoms with Gasteiger partial charge in [0.1, 0.15) is 6.61 Å². The maximum Gasteiger partial charge on any atom is 0.409 e. The molecule has 6 nitrogen and oxygen atoms in total. The van der Waals surface area contributed by atoms with E-state index < -0.39 is 0 Å². The molecule has 0 aromatic heterocycles. The van der Waals surface area contributed by atoms with Gasteiger partial charge in [-0.05, 0) is 12.0 Å². The first kappa shape index (κ1) is 15.8. The Morgan fingerprint density at radius 3 is 2.70 bits per heavy atom. The summed E-state index contributed by atoms with van der Waals surface area (Å²) >= 11 is 0. The Hall–Kier alpha value is -2.08. The van der Waals surface area contributed by atoms with Crippen LogP contribution < -0.4 is 5.32 Å². The van der Waals surface area contributed by atoms with Crippen LogP contribution in [0.3, 0.4) is 0 Å². The fourth-order valence-electron chi connectivity index (χ4n) is 3.24. The number of nitrogens with one attached hydrogen (secondary N) is 1. The van der Waals surface area contributed by atoms with Crippen molar-refractivity contribution in [1.29, 1.82) is 0 Å². The second-order valence-corrected chi connectivity index (χ2v) is 5.97. The van der Waals surface area contributed by atoms with Gasteiger partial charge in [0.2, 0.25) is 5.91 Å². The van der Waals surface area contributed by atoms with Crippen LogP contribution >= 0.6 is 0 Å². The molecule has 6 heteroatoms. The highest BCUT2D eigenvalue weighted by atomic mass is 16.6. The molecule has 0 bridgehead atoms. The Labute approximate surface area is 136 Å². The van der Waals surface area contributed by atoms with Gasteiger partial charge in [-0.2, -0.15) is 0 Å². The quantitative estimate of drug-likeness (QED) is 0.891. The van der Waals surface area contributed by atoms with Crippen LogP contribution in [0.15, 0.2) is 30.3 Å². The van der Waals surface area contributed by atoms with Crippen molar-refractivity contribution < 1.29 is 14.3 Å². The topological polar surface area (TPSA) is 61.9 Å². The number of cyclic esters (lactones) is 1. The third-order valence-electron chi connectivity index (χ3n) is 4.44. The fraction of sp³-hybridized carbons (Fsp3) is 0.529. The lowest BCUT2D eigenvalue weighted by Gasteiger charge is -2.29. The van der Waals surface area contributed by atoms with Crippen molar-refractivity contribution in [3.05, 3.63) is 35.9 Å². The molecule has 3 rings (SSSR count). The SMILES string of the molecule is O=C1C[C@@H](c2ccccc2)N(CCCN2CCOC2=O)CCN1. The molecule has 0 saturated carbocycles. The summed E-state index contributed by atoms with van der Waals surface area (Å²) in [6, 6.07) is 10.3. The number of ether oxygens (including phenoxy) is 1. The van der Waals surface area contributed by atoms with Gasteiger partial charge in [-0.15, -0.1) is 0 Å². The molecule has 1 atom stereocenters. The van der Waals surface area contributed by atoms with Crippen LogP contribution in [0, 0.1) is 0 Å². The first-order valence-electron chi connectivity index (χ1n) is 8.21. The van der Waals surface area contributed by atoms with E-state index in [1.54, 1.807) is 4.90 Å². The summed E-state index contributed by atoms with van der Waals surface area (Å²) in [5.74, 6) is 0.101. The summed E-state index contributed by atoms with van der Waals surface area (Å²) in [5, 5.41) is 2.95. The average Bonchev–Trinajstić information content (AvgIpc) is 2.87. The third kappa shape index (κ3) is 4.01. The summed E-state index contributed by atoms with van der Waals surface area (Å²) in [4.78, 5) is 27.5. The molecule has 2 amide bonds. The molecule has 23 heavy (non-hydrogen) atoms. The van der Waals surface area contributed by atoms with Crippen LogP contribution in [0.2, 0.25) is 0 Å². The lowest BCUT2D eigenvalue weighted by molar-refractivity contribution is -0.121. The predicted octanol–water partition coefficient (Wildman–Crippen LogP) is 1.39. The van der Waals surface area contributed by atoms with E-state index in [4.69, 9.17) is 4.74 Å². The number of hydrogen-bond donors (Lipinski definition) is 1. The van der Waals surface area contributed by atoms with E-state index in [-0.39, 0.29) is 18.0 Å². The van der Waals surface area contributed by atoms with Crippen molar-refractivity contribution in [1.82, 2.24) is 15.1 Å². The van der Waals surface area contributed by atoms with E-state index in [1.807, 2.05) is 18.2 Å². The summed E-state index contributed by atoms with van der Waals surface area (Å²) < 4.78 is 4.95. The lowest BCUT2D eigenvalue weighted by Crippen LogP contribution is -2.34. The third-order valence-corrected chi connectivity index (χ3v) is 4.44. The maximum absolute atomic E-state index is 11.9. The van der Waals surface area contributed by atoms with Gasteiger partial charge in [0.05, 0.1) is 6.54 Å². The van der Waals surface area contributed by atoms with Crippen molar-refractivity contribution in [3.63, 3.8) is 0 Å². The highest BCUT2D eigenvalue weighted by molar-refractivity contribution is 5.77. The molecule has 2 aliphatic heterocycles. The van der Waals surface area contributed by atoms with Gasteiger partial charge in [0.25, 0.3) is 0 Å². The smallest absolute Gasteiger partial charge is 0.409 e. The molecule has 2 heterocycles. The zero-order valence-electron chi connectivity index (χ0n) is 13.2. The predicted molar refractivity (Wildman–Crippen MR) is 85.9 cm³/mol. The number of benzene rings is 1. The Morgan fingerprint density at radius 1 is 1.13 bits per heavy atom. The number of carbonyl (C=O) groups excluding carboxylic acids is 2. The Morgan fingerprint density at radius 2 is 1.96 bits per heavy atom. The first-order chi connectivity index (χ1) is 11.2. The van der Waals surface area contributed by atoms with Gasteiger partial charge in [0.15, 0.2) is 0 Å². The van der Waals surface area contributed by atoms with Gasteiger partial charge >= 0.3 is 6.09 Å². The van der Waals surface area contributed by atoms with Gasteiger partial charge in [-0.25, -0.2) is 4.79 Å². The van der Waals surface area contributed by atoms with Crippen LogP contribution in [0.5, 0.6) is 0 Å². The number of nitrogens with zero attached hydrogens (tertiary/aromatic N) is 2. The van der Waals surface area contributed by atoms with E-state index in [0.717, 1.165) is 19.5 Å². The molecule has 0 unspecified atom stereocenters. The molecule has 0 radical (unpaired) electrons. The van der Waals surface area contributed by atoms with Crippen molar-refractivity contribution in [2.24, 2.45) is 0 Å². The van der Waals surface area contributed by atoms with Crippen molar-refractivity contribution in [3.8, 4) is 0 Å². The zero-order valence-corrected chi connectivity index (χ0v) is 13.2. The normalized spacial score (nSPS) is 22.6. The molecule has 1 aromatic carbocycles. The highest BCUT2D eigenvalue weighted by Crippen LogP contribution is 2.25. The van der Waals surface area contributed by atoms with E-state index in [0.29, 0.717) is 32.7 Å². The van der Waals surface area contributed by atoms with Crippen LogP contribution in [0.4, 0.5) is 4.79 Å². The van der Waals surface area contributed by atoms with Crippen molar-refractivity contribution in [2.45, 2.75) is 18.9 Å². The number of rotatable bonds is 5. The molecule has 0 aliphatic carbocycles. The number of amides is 2. The second kappa shape index (κ2) is 7.46. The van der Waals surface area contributed by atoms with E-state index in [9.17, 15) is 9.59 Å². The molecule has 2 aliphatic rings. The summed E-state index contributed by atoms with van der Waals surface area (Å²) in [6.07, 6.45) is 1.15. The van der Waals surface area contributed by atoms with Crippen molar-refractivity contribution in [2.75, 3.05) is 39.3 Å². The van der Waals surface area contributed by atoms with Crippen molar-refractivity contribution >= 4 is 12.0 Å². The summed E-state index contributed by atoms with van der Waals surface area (Å²) in [7, 11) is 0. The van der Waals surface area contributed by atoms with Crippen LogP contribution in [-0.4, -0.2) is 61.1 Å². The maximum atomic E-state index is 11.9. The van der Waals surface area contributed by atoms with E-state index in [2.05, 4.69) is 22.3 Å². The van der Waals surface area contributed by atoms with Crippen LogP contribution in [-0.2, 0) is 9.53 Å². The van der Waals surface area contributed by atoms with Gasteiger partial charge in [-0.1, -0.05) is 30.3 Å². The summed E-state index contributed by atoms with van der Waals surface area (Å²) in [6.45, 7) is 4.24. The Balaban J connectivity index is 1.62. The molecule has 1 N–H and O–H groups in total. The standard InChI is InChI=1S/C17H23N3O3/c21-16-13-15(14-5-2-1-3-6-14)19(10-7-18-16)8-4-9-20-11-12-23-17(20)22/h1-3,5-6,15H,4,7-13H2,(H,18,21)/t15-/m0/s1. The van der Waals surface area contributed by atoms with Crippen LogP contribution in [0.25, 0.3) is 0 Å². The molecule has 2 fully saturated rings.